The number of benzene rings is 2. The van der Waals surface area contributed by atoms with Crippen LogP contribution in [-0.2, 0) is 20.8 Å². The molecule has 8 heteroatoms. The Hall–Kier alpha value is -3.29. The van der Waals surface area contributed by atoms with Gasteiger partial charge in [0.25, 0.3) is 0 Å². The Balaban J connectivity index is 1.66. The standard InChI is InChI=1S/C20H18F2N2O4/c21-14-5-6-17(16(22)10-14)24-11-13(9-18(24)25)20(28)23-15-3-1-2-12(8-15)4-7-19(26)27/h1-3,5-6,8,10,13H,4,7,9,11H2,(H,23,28)(H,26,27). The summed E-state index contributed by atoms with van der Waals surface area (Å²) in [6.07, 6.45) is 0.229. The Morgan fingerprint density at radius 1 is 1.18 bits per heavy atom. The van der Waals surface area contributed by atoms with Crippen molar-refractivity contribution in [1.29, 1.82) is 0 Å². The van der Waals surface area contributed by atoms with Crippen LogP contribution in [0.2, 0.25) is 0 Å². The van der Waals surface area contributed by atoms with E-state index < -0.39 is 35.3 Å². The minimum atomic E-state index is -0.910. The maximum absolute atomic E-state index is 13.9. The van der Waals surface area contributed by atoms with Gasteiger partial charge in [-0.2, -0.15) is 0 Å². The molecule has 0 radical (unpaired) electrons. The fourth-order valence-electron chi connectivity index (χ4n) is 3.12. The number of carbonyl (C=O) groups is 3. The van der Waals surface area contributed by atoms with Gasteiger partial charge in [0.1, 0.15) is 11.6 Å². The van der Waals surface area contributed by atoms with Crippen LogP contribution in [0.15, 0.2) is 42.5 Å². The minimum Gasteiger partial charge on any atom is -0.481 e. The van der Waals surface area contributed by atoms with Crippen LogP contribution in [0.25, 0.3) is 0 Å². The number of carbonyl (C=O) groups excluding carboxylic acids is 2. The summed E-state index contributed by atoms with van der Waals surface area (Å²) in [5.41, 5.74) is 1.20. The van der Waals surface area contributed by atoms with Crippen molar-refractivity contribution in [1.82, 2.24) is 0 Å². The lowest BCUT2D eigenvalue weighted by Crippen LogP contribution is -2.28. The molecule has 0 aromatic heterocycles. The molecular formula is C20H18F2N2O4. The Morgan fingerprint density at radius 3 is 2.68 bits per heavy atom. The van der Waals surface area contributed by atoms with Gasteiger partial charge < -0.3 is 15.3 Å². The van der Waals surface area contributed by atoms with Gasteiger partial charge in [-0.25, -0.2) is 8.78 Å². The van der Waals surface area contributed by atoms with Gasteiger partial charge in [-0.3, -0.25) is 14.4 Å². The average Bonchev–Trinajstić information content (AvgIpc) is 3.02. The van der Waals surface area contributed by atoms with Gasteiger partial charge in [0.05, 0.1) is 11.6 Å². The van der Waals surface area contributed by atoms with Crippen LogP contribution in [0.3, 0.4) is 0 Å². The van der Waals surface area contributed by atoms with Crippen molar-refractivity contribution in [3.8, 4) is 0 Å². The van der Waals surface area contributed by atoms with Crippen LogP contribution >= 0.6 is 0 Å². The van der Waals surface area contributed by atoms with Gasteiger partial charge in [0, 0.05) is 31.1 Å². The summed E-state index contributed by atoms with van der Waals surface area (Å²) in [5, 5.41) is 11.5. The Labute approximate surface area is 159 Å². The zero-order valence-corrected chi connectivity index (χ0v) is 14.8. The number of amides is 2. The van der Waals surface area contributed by atoms with Crippen molar-refractivity contribution in [2.24, 2.45) is 5.92 Å². The van der Waals surface area contributed by atoms with Crippen molar-refractivity contribution < 1.29 is 28.3 Å². The highest BCUT2D eigenvalue weighted by Crippen LogP contribution is 2.28. The Kier molecular flexibility index (Phi) is 5.67. The zero-order valence-electron chi connectivity index (χ0n) is 14.8. The molecule has 1 aliphatic rings. The molecule has 1 aliphatic heterocycles. The highest BCUT2D eigenvalue weighted by Gasteiger charge is 2.36. The average molecular weight is 388 g/mol. The van der Waals surface area contributed by atoms with Gasteiger partial charge in [0.15, 0.2) is 0 Å². The number of carboxylic acid groups (broad SMARTS) is 1. The molecule has 0 saturated carbocycles. The normalized spacial score (nSPS) is 16.3. The molecule has 2 N–H and O–H groups in total. The third-order valence-electron chi connectivity index (χ3n) is 4.52. The van der Waals surface area contributed by atoms with E-state index in [1.807, 2.05) is 0 Å². The monoisotopic (exact) mass is 388 g/mol. The number of aliphatic carboxylic acids is 1. The molecule has 0 bridgehead atoms. The van der Waals surface area contributed by atoms with Gasteiger partial charge in [-0.05, 0) is 36.2 Å². The van der Waals surface area contributed by atoms with E-state index in [2.05, 4.69) is 5.32 Å². The van der Waals surface area contributed by atoms with E-state index in [1.165, 1.54) is 6.07 Å². The van der Waals surface area contributed by atoms with Crippen molar-refractivity contribution in [3.05, 3.63) is 59.7 Å². The second kappa shape index (κ2) is 8.16. The molecule has 6 nitrogen and oxygen atoms in total. The summed E-state index contributed by atoms with van der Waals surface area (Å²) in [5.74, 6) is -4.01. The van der Waals surface area contributed by atoms with Crippen LogP contribution in [0, 0.1) is 17.6 Å². The number of anilines is 2. The topological polar surface area (TPSA) is 86.7 Å². The van der Waals surface area contributed by atoms with E-state index in [9.17, 15) is 23.2 Å². The van der Waals surface area contributed by atoms with Gasteiger partial charge in [-0.1, -0.05) is 12.1 Å². The lowest BCUT2D eigenvalue weighted by atomic mass is 10.1. The van der Waals surface area contributed by atoms with Crippen molar-refractivity contribution in [2.75, 3.05) is 16.8 Å². The molecule has 1 unspecified atom stereocenters. The van der Waals surface area contributed by atoms with Crippen LogP contribution in [0.5, 0.6) is 0 Å². The number of carboxylic acids is 1. The summed E-state index contributed by atoms with van der Waals surface area (Å²) in [4.78, 5) is 36.5. The second-order valence-electron chi connectivity index (χ2n) is 6.58. The van der Waals surface area contributed by atoms with E-state index in [-0.39, 0.29) is 25.1 Å². The van der Waals surface area contributed by atoms with E-state index in [4.69, 9.17) is 5.11 Å². The quantitative estimate of drug-likeness (QED) is 0.797. The summed E-state index contributed by atoms with van der Waals surface area (Å²) in [7, 11) is 0. The van der Waals surface area contributed by atoms with Gasteiger partial charge in [0.2, 0.25) is 11.8 Å². The number of nitrogens with one attached hydrogen (secondary N) is 1. The number of nitrogens with zero attached hydrogens (tertiary/aromatic N) is 1. The number of aryl methyl sites for hydroxylation is 1. The summed E-state index contributed by atoms with van der Waals surface area (Å²) in [6.45, 7) is -0.00801. The molecule has 2 amide bonds. The number of rotatable bonds is 6. The smallest absolute Gasteiger partial charge is 0.303 e. The summed E-state index contributed by atoms with van der Waals surface area (Å²) in [6, 6.07) is 9.73. The van der Waals surface area contributed by atoms with Crippen molar-refractivity contribution >= 4 is 29.2 Å². The molecule has 1 heterocycles. The van der Waals surface area contributed by atoms with Gasteiger partial charge in [-0.15, -0.1) is 0 Å². The number of halogens is 2. The minimum absolute atomic E-state index is 0.00801. The molecule has 1 atom stereocenters. The number of hydrogen-bond acceptors (Lipinski definition) is 3. The lowest BCUT2D eigenvalue weighted by Gasteiger charge is -2.17. The van der Waals surface area contributed by atoms with Crippen LogP contribution < -0.4 is 10.2 Å². The molecule has 1 saturated heterocycles. The third-order valence-corrected chi connectivity index (χ3v) is 4.52. The molecule has 146 valence electrons. The van der Waals surface area contributed by atoms with Crippen molar-refractivity contribution in [2.45, 2.75) is 19.3 Å². The lowest BCUT2D eigenvalue weighted by molar-refractivity contribution is -0.137. The van der Waals surface area contributed by atoms with Crippen LogP contribution in [0.4, 0.5) is 20.2 Å². The first kappa shape index (κ1) is 19.5. The number of hydrogen-bond donors (Lipinski definition) is 2. The summed E-state index contributed by atoms with van der Waals surface area (Å²) >= 11 is 0. The first-order chi connectivity index (χ1) is 13.3. The van der Waals surface area contributed by atoms with Crippen LogP contribution in [-0.4, -0.2) is 29.4 Å². The molecule has 0 aliphatic carbocycles. The highest BCUT2D eigenvalue weighted by molar-refractivity contribution is 6.03. The molecule has 0 spiro atoms. The highest BCUT2D eigenvalue weighted by atomic mass is 19.1. The van der Waals surface area contributed by atoms with Crippen molar-refractivity contribution in [3.63, 3.8) is 0 Å². The first-order valence-electron chi connectivity index (χ1n) is 8.70. The second-order valence-corrected chi connectivity index (χ2v) is 6.58. The van der Waals surface area contributed by atoms with E-state index in [1.54, 1.807) is 24.3 Å². The third kappa shape index (κ3) is 4.51. The molecule has 1 fully saturated rings. The maximum Gasteiger partial charge on any atom is 0.303 e. The zero-order chi connectivity index (χ0) is 20.3. The fourth-order valence-corrected chi connectivity index (χ4v) is 3.12. The van der Waals surface area contributed by atoms with Gasteiger partial charge >= 0.3 is 5.97 Å². The van der Waals surface area contributed by atoms with E-state index >= 15 is 0 Å². The molecular weight excluding hydrogens is 370 g/mol. The van der Waals surface area contributed by atoms with Crippen LogP contribution in [0.1, 0.15) is 18.4 Å². The van der Waals surface area contributed by atoms with E-state index in [0.29, 0.717) is 18.2 Å². The fraction of sp³-hybridized carbons (Fsp3) is 0.250. The predicted molar refractivity (Wildman–Crippen MR) is 97.8 cm³/mol. The maximum atomic E-state index is 13.9. The summed E-state index contributed by atoms with van der Waals surface area (Å²) < 4.78 is 27.0. The molecule has 2 aromatic carbocycles. The molecule has 3 rings (SSSR count). The SMILES string of the molecule is O=C(O)CCc1cccc(NC(=O)C2CC(=O)N(c3ccc(F)cc3F)C2)c1. The largest absolute Gasteiger partial charge is 0.481 e. The molecule has 2 aromatic rings. The molecule has 28 heavy (non-hydrogen) atoms. The first-order valence-corrected chi connectivity index (χ1v) is 8.70. The Bertz CT molecular complexity index is 932. The predicted octanol–water partition coefficient (Wildman–Crippen LogP) is 2.97. The van der Waals surface area contributed by atoms with E-state index in [0.717, 1.165) is 16.5 Å². The Morgan fingerprint density at radius 2 is 1.96 bits per heavy atom.